The van der Waals surface area contributed by atoms with Gasteiger partial charge in [0.05, 0.1) is 7.11 Å². The third kappa shape index (κ3) is 4.05. The lowest BCUT2D eigenvalue weighted by molar-refractivity contribution is -0.132. The van der Waals surface area contributed by atoms with Gasteiger partial charge in [-0.05, 0) is 28.5 Å². The van der Waals surface area contributed by atoms with Crippen molar-refractivity contribution < 1.29 is 26.2 Å². The molecule has 0 fully saturated rings. The first kappa shape index (κ1) is 20.4. The number of carbonyl (C=O) groups excluding carboxylic acids is 1. The molecule has 1 aromatic carbocycles. The Morgan fingerprint density at radius 2 is 1.62 bits per heavy atom. The smallest absolute Gasteiger partial charge is 0.268 e. The summed E-state index contributed by atoms with van der Waals surface area (Å²) in [4.78, 5) is 14.8. The molecular formula is C16H21F2NO4S. The predicted octanol–water partition coefficient (Wildman–Crippen LogP) is 3.45. The van der Waals surface area contributed by atoms with Gasteiger partial charge >= 0.3 is 21.3 Å². The Morgan fingerprint density at radius 1 is 1.17 bits per heavy atom. The summed E-state index contributed by atoms with van der Waals surface area (Å²) in [7, 11) is -4.79. The number of rotatable bonds is 6. The Balaban J connectivity index is 3.35. The van der Waals surface area contributed by atoms with E-state index in [1.54, 1.807) is 0 Å². The van der Waals surface area contributed by atoms with Crippen LogP contribution in [0.2, 0.25) is 0 Å². The van der Waals surface area contributed by atoms with Crippen LogP contribution in [0.5, 0.6) is 0 Å². The molecule has 0 heterocycles. The molecule has 0 aliphatic rings. The molecule has 0 unspecified atom stereocenters. The van der Waals surface area contributed by atoms with Gasteiger partial charge in [-0.2, -0.15) is 17.2 Å². The number of carbonyl (C=O) groups is 1. The lowest BCUT2D eigenvalue weighted by Gasteiger charge is -2.17. The van der Waals surface area contributed by atoms with E-state index < -0.39 is 21.3 Å². The molecule has 0 radical (unpaired) electrons. The third-order valence-corrected chi connectivity index (χ3v) is 4.75. The number of hydrogen-bond donors (Lipinski definition) is 0. The Bertz CT molecular complexity index is 714. The van der Waals surface area contributed by atoms with E-state index in [-0.39, 0.29) is 11.8 Å². The average Bonchev–Trinajstić information content (AvgIpc) is 2.51. The summed E-state index contributed by atoms with van der Waals surface area (Å²) >= 11 is 0. The number of nitrogens with zero attached hydrogens (tertiary/aromatic N) is 1. The monoisotopic (exact) mass is 361 g/mol. The highest BCUT2D eigenvalue weighted by Crippen LogP contribution is 2.28. The molecule has 0 N–H and O–H groups in total. The Kier molecular flexibility index (Phi) is 6.35. The molecule has 0 saturated heterocycles. The molecule has 0 aliphatic carbocycles. The summed E-state index contributed by atoms with van der Waals surface area (Å²) in [6, 6.07) is 5.46. The van der Waals surface area contributed by atoms with Crippen LogP contribution >= 0.6 is 0 Å². The van der Waals surface area contributed by atoms with Crippen molar-refractivity contribution in [3.63, 3.8) is 0 Å². The maximum absolute atomic E-state index is 13.6. The molecule has 134 valence electrons. The Hall–Kier alpha value is -1.67. The molecule has 0 atom stereocenters. The van der Waals surface area contributed by atoms with Crippen LogP contribution in [-0.4, -0.2) is 32.9 Å². The van der Waals surface area contributed by atoms with Gasteiger partial charge in [-0.1, -0.05) is 45.9 Å². The number of amides is 1. The summed E-state index contributed by atoms with van der Waals surface area (Å²) in [6.45, 7) is 7.68. The van der Waals surface area contributed by atoms with Crippen LogP contribution in [0.25, 0.3) is 0 Å². The molecule has 0 aromatic heterocycles. The van der Waals surface area contributed by atoms with Gasteiger partial charge in [0.25, 0.3) is 0 Å². The number of alkyl halides is 2. The normalized spacial score (nSPS) is 13.2. The first-order valence-corrected chi connectivity index (χ1v) is 8.75. The van der Waals surface area contributed by atoms with E-state index in [1.165, 1.54) is 0 Å². The largest absolute Gasteiger partial charge is 0.449 e. The van der Waals surface area contributed by atoms with Crippen molar-refractivity contribution in [1.29, 1.82) is 0 Å². The van der Waals surface area contributed by atoms with Gasteiger partial charge in [-0.25, -0.2) is 4.99 Å². The number of benzene rings is 1. The van der Waals surface area contributed by atoms with Gasteiger partial charge in [-0.3, -0.25) is 8.98 Å². The highest BCUT2D eigenvalue weighted by molar-refractivity contribution is 7.88. The number of halogens is 2. The maximum Gasteiger partial charge on any atom is 0.449 e. The maximum atomic E-state index is 13.6. The van der Waals surface area contributed by atoms with Crippen LogP contribution in [0.15, 0.2) is 23.2 Å². The van der Waals surface area contributed by atoms with Crippen LogP contribution in [0.3, 0.4) is 0 Å². The minimum atomic E-state index is -5.35. The van der Waals surface area contributed by atoms with Crippen LogP contribution in [0.1, 0.15) is 56.2 Å². The van der Waals surface area contributed by atoms with E-state index in [0.29, 0.717) is 12.7 Å². The summed E-state index contributed by atoms with van der Waals surface area (Å²) in [5.74, 6) is -1.94. The second-order valence-electron chi connectivity index (χ2n) is 5.86. The van der Waals surface area contributed by atoms with Gasteiger partial charge in [-0.15, -0.1) is 0 Å². The van der Waals surface area contributed by atoms with Crippen LogP contribution in [0.4, 0.5) is 8.78 Å². The topological polar surface area (TPSA) is 72.8 Å². The van der Waals surface area contributed by atoms with E-state index in [9.17, 15) is 22.0 Å². The zero-order chi connectivity index (χ0) is 18.7. The van der Waals surface area contributed by atoms with Gasteiger partial charge in [0.2, 0.25) is 0 Å². The quantitative estimate of drug-likeness (QED) is 0.575. The fraction of sp³-hybridized carbons (Fsp3) is 0.500. The van der Waals surface area contributed by atoms with Crippen molar-refractivity contribution in [3.05, 3.63) is 34.9 Å². The van der Waals surface area contributed by atoms with Crippen LogP contribution in [-0.2, 0) is 19.1 Å². The van der Waals surface area contributed by atoms with Gasteiger partial charge in [0, 0.05) is 6.21 Å². The average molecular weight is 361 g/mol. The van der Waals surface area contributed by atoms with E-state index in [2.05, 4.69) is 9.18 Å². The first-order chi connectivity index (χ1) is 11.0. The minimum Gasteiger partial charge on any atom is -0.268 e. The van der Waals surface area contributed by atoms with Gasteiger partial charge in [0.1, 0.15) is 0 Å². The fourth-order valence-electron chi connectivity index (χ4n) is 2.17. The van der Waals surface area contributed by atoms with E-state index in [0.717, 1.165) is 17.3 Å². The van der Waals surface area contributed by atoms with Crippen LogP contribution in [0, 0.1) is 0 Å². The first-order valence-electron chi connectivity index (χ1n) is 7.35. The number of aliphatic imine (C=N–C) groups is 1. The van der Waals surface area contributed by atoms with E-state index in [1.807, 2.05) is 45.9 Å². The molecular weight excluding hydrogens is 340 g/mol. The standard InChI is InChI=1S/C16H21F2NO4S/c1-10(2)12-7-6-8-13(11(3)4)14(12)9-19-15(20)16(17,18)24(21,22)23-5/h6-11H,1-5H3. The van der Waals surface area contributed by atoms with Crippen molar-refractivity contribution in [2.45, 2.75) is 44.8 Å². The SMILES string of the molecule is COS(=O)(=O)C(F)(F)C(=O)N=Cc1c(C(C)C)cccc1C(C)C. The lowest BCUT2D eigenvalue weighted by atomic mass is 9.89. The second-order valence-corrected chi connectivity index (χ2v) is 7.61. The second kappa shape index (κ2) is 7.48. The zero-order valence-corrected chi connectivity index (χ0v) is 15.0. The highest BCUT2D eigenvalue weighted by atomic mass is 32.2. The summed E-state index contributed by atoms with van der Waals surface area (Å²) in [5.41, 5.74) is 2.20. The van der Waals surface area contributed by atoms with Gasteiger partial charge < -0.3 is 0 Å². The summed E-state index contributed by atoms with van der Waals surface area (Å²) in [6.07, 6.45) is 1.01. The predicted molar refractivity (Wildman–Crippen MR) is 88.1 cm³/mol. The summed E-state index contributed by atoms with van der Waals surface area (Å²) < 4.78 is 53.3. The molecule has 5 nitrogen and oxygen atoms in total. The highest BCUT2D eigenvalue weighted by Gasteiger charge is 2.53. The fourth-order valence-corrected chi connectivity index (χ4v) is 2.64. The molecule has 0 bridgehead atoms. The summed E-state index contributed by atoms with van der Waals surface area (Å²) in [5, 5.41) is -4.73. The molecule has 1 rings (SSSR count). The Morgan fingerprint density at radius 3 is 2.00 bits per heavy atom. The van der Waals surface area contributed by atoms with Crippen molar-refractivity contribution in [2.24, 2.45) is 4.99 Å². The minimum absolute atomic E-state index is 0.0727. The molecule has 1 aromatic rings. The van der Waals surface area contributed by atoms with E-state index >= 15 is 0 Å². The molecule has 24 heavy (non-hydrogen) atoms. The Labute approximate surface area is 140 Å². The lowest BCUT2D eigenvalue weighted by Crippen LogP contribution is -2.37. The molecule has 0 saturated carbocycles. The van der Waals surface area contributed by atoms with Crippen molar-refractivity contribution in [2.75, 3.05) is 7.11 Å². The van der Waals surface area contributed by atoms with Gasteiger partial charge in [0.15, 0.2) is 0 Å². The third-order valence-electron chi connectivity index (χ3n) is 3.51. The van der Waals surface area contributed by atoms with Crippen molar-refractivity contribution in [3.8, 4) is 0 Å². The van der Waals surface area contributed by atoms with Crippen molar-refractivity contribution >= 4 is 22.2 Å². The zero-order valence-electron chi connectivity index (χ0n) is 14.2. The molecule has 0 aliphatic heterocycles. The van der Waals surface area contributed by atoms with Crippen molar-refractivity contribution in [1.82, 2.24) is 0 Å². The molecule has 1 amide bonds. The molecule has 0 spiro atoms. The van der Waals surface area contributed by atoms with E-state index in [4.69, 9.17) is 0 Å². The van der Waals surface area contributed by atoms with Crippen LogP contribution < -0.4 is 0 Å². The molecule has 8 heteroatoms. The number of hydrogen-bond acceptors (Lipinski definition) is 4.